The zero-order chi connectivity index (χ0) is 25.7. The summed E-state index contributed by atoms with van der Waals surface area (Å²) in [6, 6.07) is 9.67. The van der Waals surface area contributed by atoms with Crippen molar-refractivity contribution in [1.82, 2.24) is 25.1 Å². The minimum absolute atomic E-state index is 0.466. The van der Waals surface area contributed by atoms with Crippen LogP contribution in [-0.4, -0.2) is 39.3 Å². The van der Waals surface area contributed by atoms with E-state index in [1.807, 2.05) is 51.1 Å². The lowest BCUT2D eigenvalue weighted by molar-refractivity contribution is 0.393. The van der Waals surface area contributed by atoms with Crippen LogP contribution >= 0.6 is 0 Å². The van der Waals surface area contributed by atoms with Crippen molar-refractivity contribution in [2.24, 2.45) is 0 Å². The summed E-state index contributed by atoms with van der Waals surface area (Å²) in [4.78, 5) is 17.2. The molecule has 10 heteroatoms. The number of fused-ring (bicyclic) bond motifs is 3. The molecule has 0 atom stereocenters. The quantitative estimate of drug-likeness (QED) is 0.281. The molecular formula is C27H24N6O4. The Morgan fingerprint density at radius 1 is 0.973 bits per heavy atom. The number of anilines is 2. The van der Waals surface area contributed by atoms with E-state index >= 15 is 0 Å². The maximum absolute atomic E-state index is 5.80. The smallest absolute Gasteiger partial charge is 0.228 e. The molecule has 0 unspecified atom stereocenters. The fraction of sp³-hybridized carbons (Fsp3) is 0.185. The van der Waals surface area contributed by atoms with Gasteiger partial charge >= 0.3 is 0 Å². The van der Waals surface area contributed by atoms with E-state index in [2.05, 4.69) is 25.4 Å². The molecule has 0 saturated heterocycles. The Bertz CT molecular complexity index is 1750. The Hall–Kier alpha value is -4.86. The van der Waals surface area contributed by atoms with Crippen LogP contribution in [-0.2, 0) is 0 Å². The predicted molar refractivity (Wildman–Crippen MR) is 139 cm³/mol. The predicted octanol–water partition coefficient (Wildman–Crippen LogP) is 6.11. The van der Waals surface area contributed by atoms with Crippen molar-refractivity contribution in [3.63, 3.8) is 0 Å². The largest absolute Gasteiger partial charge is 0.497 e. The Labute approximate surface area is 211 Å². The number of hydrogen-bond donors (Lipinski definition) is 2. The zero-order valence-corrected chi connectivity index (χ0v) is 21.0. The average Bonchev–Trinajstić information content (AvgIpc) is 3.62. The summed E-state index contributed by atoms with van der Waals surface area (Å²) in [5, 5.41) is 9.33. The number of hydrogen-bond acceptors (Lipinski definition) is 9. The van der Waals surface area contributed by atoms with Crippen molar-refractivity contribution >= 4 is 33.4 Å². The molecule has 0 aliphatic rings. The molecule has 2 aromatic carbocycles. The van der Waals surface area contributed by atoms with E-state index in [0.29, 0.717) is 34.7 Å². The summed E-state index contributed by atoms with van der Waals surface area (Å²) < 4.78 is 22.2. The van der Waals surface area contributed by atoms with Gasteiger partial charge in [0.05, 0.1) is 48.3 Å². The van der Waals surface area contributed by atoms with Crippen molar-refractivity contribution in [2.45, 2.75) is 20.8 Å². The van der Waals surface area contributed by atoms with Crippen molar-refractivity contribution in [2.75, 3.05) is 19.5 Å². The summed E-state index contributed by atoms with van der Waals surface area (Å²) in [7, 11) is 3.27. The third-order valence-corrected chi connectivity index (χ3v) is 6.33. The molecule has 0 saturated carbocycles. The molecule has 6 rings (SSSR count). The van der Waals surface area contributed by atoms with Gasteiger partial charge in [-0.15, -0.1) is 0 Å². The van der Waals surface area contributed by atoms with E-state index in [-0.39, 0.29) is 0 Å². The third kappa shape index (κ3) is 3.74. The van der Waals surface area contributed by atoms with Crippen LogP contribution in [0, 0.1) is 20.8 Å². The Balaban J connectivity index is 1.56. The lowest BCUT2D eigenvalue weighted by atomic mass is 10.0. The highest BCUT2D eigenvalue weighted by Crippen LogP contribution is 2.41. The molecule has 10 nitrogen and oxygen atoms in total. The number of methoxy groups -OCH3 is 2. The topological polar surface area (TPSA) is 124 Å². The lowest BCUT2D eigenvalue weighted by Crippen LogP contribution is -2.00. The molecule has 0 aliphatic carbocycles. The van der Waals surface area contributed by atoms with Crippen LogP contribution in [0.4, 0.5) is 11.5 Å². The minimum atomic E-state index is 0.466. The van der Waals surface area contributed by atoms with E-state index in [4.69, 9.17) is 23.4 Å². The van der Waals surface area contributed by atoms with Crippen molar-refractivity contribution in [1.29, 1.82) is 0 Å². The van der Waals surface area contributed by atoms with Gasteiger partial charge in [0, 0.05) is 16.5 Å². The van der Waals surface area contributed by atoms with Gasteiger partial charge in [-0.25, -0.2) is 15.0 Å². The number of ether oxygens (including phenoxy) is 2. The maximum Gasteiger partial charge on any atom is 0.228 e. The summed E-state index contributed by atoms with van der Waals surface area (Å²) >= 11 is 0. The number of aromatic amines is 1. The van der Waals surface area contributed by atoms with Crippen molar-refractivity contribution in [3.8, 4) is 34.1 Å². The van der Waals surface area contributed by atoms with E-state index in [1.165, 1.54) is 6.26 Å². The van der Waals surface area contributed by atoms with Gasteiger partial charge in [0.2, 0.25) is 5.89 Å². The van der Waals surface area contributed by atoms with E-state index < -0.39 is 0 Å². The number of H-pyrrole nitrogens is 1. The normalized spacial score (nSPS) is 11.4. The monoisotopic (exact) mass is 496 g/mol. The molecule has 186 valence electrons. The summed E-state index contributed by atoms with van der Waals surface area (Å²) in [6.45, 7) is 5.66. The fourth-order valence-electron chi connectivity index (χ4n) is 4.68. The highest BCUT2D eigenvalue weighted by molar-refractivity contribution is 6.13. The van der Waals surface area contributed by atoms with Crippen LogP contribution in [0.15, 0.2) is 51.7 Å². The van der Waals surface area contributed by atoms with Crippen LogP contribution in [0.2, 0.25) is 0 Å². The molecule has 0 bridgehead atoms. The van der Waals surface area contributed by atoms with Gasteiger partial charge in [-0.05, 0) is 51.1 Å². The highest BCUT2D eigenvalue weighted by Gasteiger charge is 2.21. The number of rotatable bonds is 6. The summed E-state index contributed by atoms with van der Waals surface area (Å²) in [6.07, 6.45) is 3.14. The van der Waals surface area contributed by atoms with Gasteiger partial charge < -0.3 is 28.7 Å². The second kappa shape index (κ2) is 8.66. The number of aryl methyl sites for hydroxylation is 3. The molecular weight excluding hydrogens is 472 g/mol. The lowest BCUT2D eigenvalue weighted by Gasteiger charge is -2.13. The first-order chi connectivity index (χ1) is 18.0. The Morgan fingerprint density at radius 2 is 1.84 bits per heavy atom. The first kappa shape index (κ1) is 22.6. The van der Waals surface area contributed by atoms with Crippen LogP contribution < -0.4 is 14.8 Å². The van der Waals surface area contributed by atoms with E-state index in [0.717, 1.165) is 50.1 Å². The molecule has 6 aromatic rings. The number of benzene rings is 2. The van der Waals surface area contributed by atoms with Gasteiger partial charge in [-0.3, -0.25) is 0 Å². The number of aromatic nitrogens is 5. The molecule has 4 heterocycles. The van der Waals surface area contributed by atoms with Gasteiger partial charge in [0.25, 0.3) is 0 Å². The Kier molecular flexibility index (Phi) is 5.29. The molecule has 2 N–H and O–H groups in total. The molecule has 0 amide bonds. The van der Waals surface area contributed by atoms with Gasteiger partial charge in [-0.2, -0.15) is 0 Å². The molecule has 0 spiro atoms. The first-order valence-electron chi connectivity index (χ1n) is 11.6. The second-order valence-corrected chi connectivity index (χ2v) is 8.64. The summed E-state index contributed by atoms with van der Waals surface area (Å²) in [5.41, 5.74) is 5.68. The van der Waals surface area contributed by atoms with E-state index in [1.54, 1.807) is 20.4 Å². The molecule has 0 radical (unpaired) electrons. The first-order valence-corrected chi connectivity index (χ1v) is 11.6. The molecule has 37 heavy (non-hydrogen) atoms. The number of nitrogens with one attached hydrogen (secondary N) is 2. The summed E-state index contributed by atoms with van der Waals surface area (Å²) in [5.74, 6) is 3.83. The van der Waals surface area contributed by atoms with Crippen LogP contribution in [0.25, 0.3) is 44.5 Å². The van der Waals surface area contributed by atoms with Crippen LogP contribution in [0.1, 0.15) is 17.3 Å². The standard InChI is InChI=1S/C27H24N6O4/c1-13-23(14(2)37-33-13)19-11-21-17(12-22(19)35-5)24-25(29-15(3)30-26(24)32-21)31-20-7-6-16(34-4)10-18(20)27-28-8-9-36-27/h6-12H,1-5H3,(H2,29,30,31,32). The SMILES string of the molecule is COc1ccc(Nc2nc(C)nc3[nH]c4cc(-c5c(C)noc5C)c(OC)cc4c23)c(-c2ncco2)c1. The van der Waals surface area contributed by atoms with Crippen molar-refractivity contribution < 1.29 is 18.4 Å². The highest BCUT2D eigenvalue weighted by atomic mass is 16.5. The van der Waals surface area contributed by atoms with Gasteiger partial charge in [0.1, 0.15) is 40.8 Å². The minimum Gasteiger partial charge on any atom is -0.497 e. The van der Waals surface area contributed by atoms with Gasteiger partial charge in [0.15, 0.2) is 0 Å². The maximum atomic E-state index is 5.80. The Morgan fingerprint density at radius 3 is 2.54 bits per heavy atom. The van der Waals surface area contributed by atoms with Crippen LogP contribution in [0.3, 0.4) is 0 Å². The van der Waals surface area contributed by atoms with Crippen LogP contribution in [0.5, 0.6) is 11.5 Å². The fourth-order valence-corrected chi connectivity index (χ4v) is 4.68. The molecule has 0 fully saturated rings. The zero-order valence-electron chi connectivity index (χ0n) is 21.0. The number of nitrogens with zero attached hydrogens (tertiary/aromatic N) is 4. The second-order valence-electron chi connectivity index (χ2n) is 8.64. The molecule has 0 aliphatic heterocycles. The molecule has 4 aromatic heterocycles. The van der Waals surface area contributed by atoms with Gasteiger partial charge in [-0.1, -0.05) is 5.16 Å². The average molecular weight is 497 g/mol. The van der Waals surface area contributed by atoms with E-state index in [9.17, 15) is 0 Å². The third-order valence-electron chi connectivity index (χ3n) is 6.33. The number of oxazole rings is 1. The van der Waals surface area contributed by atoms with Crippen molar-refractivity contribution in [3.05, 3.63) is 60.1 Å².